The average molecular weight is 767 g/mol. The Balaban J connectivity index is -0.000000756. The third kappa shape index (κ3) is 22.5. The van der Waals surface area contributed by atoms with Crippen LogP contribution in [-0.4, -0.2) is 82.9 Å². The van der Waals surface area contributed by atoms with Gasteiger partial charge < -0.3 is 25.3 Å². The molecule has 0 radical (unpaired) electrons. The van der Waals surface area contributed by atoms with Gasteiger partial charge in [-0.3, -0.25) is 4.79 Å². The summed E-state index contributed by atoms with van der Waals surface area (Å²) < 4.78 is 122. The zero-order valence-corrected chi connectivity index (χ0v) is 30.2. The molecule has 0 heterocycles. The molecule has 1 amide bonds. The van der Waals surface area contributed by atoms with Gasteiger partial charge in [0.25, 0.3) is 0 Å². The Hall–Kier alpha value is -3.38. The molecule has 0 unspecified atom stereocenters. The number of methoxy groups -OCH3 is 1. The van der Waals surface area contributed by atoms with E-state index < -0.39 is 54.9 Å². The lowest BCUT2D eigenvalue weighted by atomic mass is 9.78. The summed E-state index contributed by atoms with van der Waals surface area (Å²) in [6.07, 6.45) is -3.53. The number of esters is 1. The molecule has 0 saturated carbocycles. The second-order valence-corrected chi connectivity index (χ2v) is 11.1. The van der Waals surface area contributed by atoms with Gasteiger partial charge in [-0.1, -0.05) is 36.5 Å². The van der Waals surface area contributed by atoms with Crippen LogP contribution in [0.4, 0.5) is 35.1 Å². The predicted molar refractivity (Wildman–Crippen MR) is 183 cm³/mol. The molecule has 17 heteroatoms. The third-order valence-electron chi connectivity index (χ3n) is 6.71. The molecule has 0 spiro atoms. The number of carbonyl (C=O) groups is 2. The molecular weight excluding hydrogens is 712 g/mol. The molecule has 0 aromatic carbocycles. The maximum Gasteiger partial charge on any atom is 0.460 e. The second kappa shape index (κ2) is 26.4. The first-order chi connectivity index (χ1) is 24.1. The van der Waals surface area contributed by atoms with Crippen LogP contribution in [0.5, 0.6) is 0 Å². The number of rotatable bonds is 27. The largest absolute Gasteiger partial charge is 0.463 e. The van der Waals surface area contributed by atoms with Crippen LogP contribution in [0.1, 0.15) is 52.4 Å². The van der Waals surface area contributed by atoms with Crippen LogP contribution in [0.25, 0.3) is 0 Å². The Kier molecular flexibility index (Phi) is 26.9. The van der Waals surface area contributed by atoms with Gasteiger partial charge >= 0.3 is 36.3 Å². The molecule has 9 nitrogen and oxygen atoms in total. The number of amides is 1. The van der Waals surface area contributed by atoms with Crippen molar-refractivity contribution < 1.29 is 68.4 Å². The van der Waals surface area contributed by atoms with E-state index in [4.69, 9.17) is 5.73 Å². The van der Waals surface area contributed by atoms with Gasteiger partial charge in [0.2, 0.25) is 0 Å². The maximum absolute atomic E-state index is 13.6. The monoisotopic (exact) mass is 766 g/mol. The van der Waals surface area contributed by atoms with Crippen molar-refractivity contribution in [3.63, 3.8) is 0 Å². The van der Waals surface area contributed by atoms with Crippen molar-refractivity contribution in [3.8, 4) is 0 Å². The smallest absolute Gasteiger partial charge is 0.460 e. The van der Waals surface area contributed by atoms with E-state index in [-0.39, 0.29) is 25.2 Å². The highest BCUT2D eigenvalue weighted by Gasteiger charge is 2.52. The van der Waals surface area contributed by atoms with Gasteiger partial charge in [-0.25, -0.2) is 14.3 Å². The summed E-state index contributed by atoms with van der Waals surface area (Å²) in [6, 6.07) is 0. The van der Waals surface area contributed by atoms with Crippen LogP contribution in [0, 0.1) is 10.8 Å². The summed E-state index contributed by atoms with van der Waals surface area (Å²) in [7, 11) is 0.625. The Morgan fingerprint density at radius 1 is 0.615 bits per heavy atom. The van der Waals surface area contributed by atoms with E-state index in [1.807, 2.05) is 23.5 Å². The fourth-order valence-corrected chi connectivity index (χ4v) is 4.26. The molecule has 52 heavy (non-hydrogen) atoms. The van der Waals surface area contributed by atoms with Gasteiger partial charge in [-0.15, -0.1) is 39.5 Å². The van der Waals surface area contributed by atoms with E-state index >= 15 is 0 Å². The second-order valence-electron chi connectivity index (χ2n) is 11.1. The fraction of sp³-hybridized carbons (Fsp3) is 0.600. The summed E-state index contributed by atoms with van der Waals surface area (Å²) in [5.41, 5.74) is 5.18. The Morgan fingerprint density at radius 3 is 1.23 bits per heavy atom. The lowest BCUT2D eigenvalue weighted by Crippen LogP contribution is -2.49. The minimum absolute atomic E-state index is 0.0945. The van der Waals surface area contributed by atoms with E-state index in [0.29, 0.717) is 32.9 Å². The third-order valence-corrected chi connectivity index (χ3v) is 6.71. The van der Waals surface area contributed by atoms with Crippen LogP contribution in [-0.2, 0) is 33.3 Å². The Labute approximate surface area is 301 Å². The normalized spacial score (nSPS) is 12.2. The summed E-state index contributed by atoms with van der Waals surface area (Å²) in [6.45, 7) is 22.3. The lowest BCUT2D eigenvalue weighted by Gasteiger charge is -2.32. The molecule has 0 aliphatic rings. The summed E-state index contributed by atoms with van der Waals surface area (Å²) in [4.78, 5) is 22.0. The number of hydrogen-bond donors (Lipinski definition) is 2. The number of allylic oxidation sites excluding steroid dienone is 6. The molecule has 0 aliphatic heterocycles. The molecule has 0 aromatic rings. The highest BCUT2D eigenvalue weighted by atomic mass is 19.3. The van der Waals surface area contributed by atoms with E-state index in [2.05, 4.69) is 63.2 Å². The van der Waals surface area contributed by atoms with Crippen molar-refractivity contribution in [2.24, 2.45) is 16.6 Å². The van der Waals surface area contributed by atoms with Crippen LogP contribution in [0.3, 0.4) is 0 Å². The van der Waals surface area contributed by atoms with E-state index in [9.17, 15) is 44.7 Å². The topological polar surface area (TPSA) is 118 Å². The minimum atomic E-state index is -4.71. The van der Waals surface area contributed by atoms with Gasteiger partial charge in [0.05, 0.1) is 7.11 Å². The molecule has 3 N–H and O–H groups in total. The van der Waals surface area contributed by atoms with Crippen molar-refractivity contribution in [1.82, 2.24) is 5.32 Å². The van der Waals surface area contributed by atoms with Crippen molar-refractivity contribution >= 4 is 11.9 Å². The molecular formula is C35H54F8N2O7. The summed E-state index contributed by atoms with van der Waals surface area (Å²) in [5.74, 6) is -4.15. The molecule has 0 fully saturated rings. The highest BCUT2D eigenvalue weighted by molar-refractivity contribution is 5.81. The minimum Gasteiger partial charge on any atom is -0.463 e. The van der Waals surface area contributed by atoms with E-state index in [0.717, 1.165) is 19.3 Å². The maximum atomic E-state index is 13.6. The SMILES string of the molecule is C=CCC(CC=C)(CC=C)CNC(=O)C(F)(F)OC(F)(F)COCC.C=CCC(CN)(CC=C)CC=C.CCOCC(F)(F)OC(F)(F)C(=O)OC. The van der Waals surface area contributed by atoms with Crippen molar-refractivity contribution in [3.05, 3.63) is 75.9 Å². The zero-order valence-electron chi connectivity index (χ0n) is 30.2. The number of carbonyl (C=O) groups excluding carboxylic acids is 2. The molecule has 0 rings (SSSR count). The molecule has 0 bridgehead atoms. The van der Waals surface area contributed by atoms with Crippen molar-refractivity contribution in [2.45, 2.75) is 76.8 Å². The fourth-order valence-electron chi connectivity index (χ4n) is 4.26. The molecule has 0 saturated heterocycles. The number of hydrogen-bond acceptors (Lipinski definition) is 8. The quantitative estimate of drug-likeness (QED) is 0.0490. The molecule has 302 valence electrons. The standard InChI is InChI=1S/C17H25F4NO3.C11H19N.C7H10F4O4/c1-5-9-15(10-6-2,11-7-3)12-22-14(23)17(20,21)25-16(18,19)13-24-8-4;1-4-7-11(10-12,8-5-2)9-6-3;1-3-14-4-6(8,9)15-7(10,11)5(12)13-2/h5-7H,1-3,8-13H2,4H3,(H,22,23);4-6H,1-3,7-10,12H2;3-4H2,1-2H3. The Morgan fingerprint density at radius 2 is 0.942 bits per heavy atom. The first kappa shape index (κ1) is 53.0. The number of nitrogens with one attached hydrogen (secondary N) is 1. The van der Waals surface area contributed by atoms with Crippen molar-refractivity contribution in [1.29, 1.82) is 0 Å². The van der Waals surface area contributed by atoms with Gasteiger partial charge in [-0.05, 0) is 69.7 Å². The summed E-state index contributed by atoms with van der Waals surface area (Å²) in [5, 5.41) is 1.97. The van der Waals surface area contributed by atoms with Gasteiger partial charge in [-0.2, -0.15) is 35.1 Å². The van der Waals surface area contributed by atoms with E-state index in [1.165, 1.54) is 13.8 Å². The number of alkyl halides is 8. The van der Waals surface area contributed by atoms with Gasteiger partial charge in [0, 0.05) is 19.8 Å². The van der Waals surface area contributed by atoms with Crippen LogP contribution in [0.15, 0.2) is 75.9 Å². The van der Waals surface area contributed by atoms with E-state index in [1.54, 1.807) is 18.2 Å². The zero-order chi connectivity index (χ0) is 41.1. The first-order valence-electron chi connectivity index (χ1n) is 15.9. The highest BCUT2D eigenvalue weighted by Crippen LogP contribution is 2.33. The van der Waals surface area contributed by atoms with Crippen LogP contribution in [0.2, 0.25) is 0 Å². The van der Waals surface area contributed by atoms with Gasteiger partial charge in [0.15, 0.2) is 0 Å². The average Bonchev–Trinajstić information content (AvgIpc) is 3.05. The molecule has 0 atom stereocenters. The van der Waals surface area contributed by atoms with Gasteiger partial charge in [0.1, 0.15) is 13.2 Å². The van der Waals surface area contributed by atoms with Crippen LogP contribution >= 0.6 is 0 Å². The number of ether oxygens (including phenoxy) is 5. The Bertz CT molecular complexity index is 1050. The summed E-state index contributed by atoms with van der Waals surface area (Å²) >= 11 is 0. The number of halogens is 8. The number of nitrogens with two attached hydrogens (primary N) is 1. The first-order valence-corrected chi connectivity index (χ1v) is 15.9. The molecule has 0 aromatic heterocycles. The predicted octanol–water partition coefficient (Wildman–Crippen LogP) is 8.11. The molecule has 0 aliphatic carbocycles. The lowest BCUT2D eigenvalue weighted by molar-refractivity contribution is -0.373. The van der Waals surface area contributed by atoms with Crippen molar-refractivity contribution in [2.75, 3.05) is 46.6 Å². The van der Waals surface area contributed by atoms with Crippen LogP contribution < -0.4 is 11.1 Å².